The Morgan fingerprint density at radius 1 is 1.08 bits per heavy atom. The first-order chi connectivity index (χ1) is 12.2. The van der Waals surface area contributed by atoms with Gasteiger partial charge in [0, 0.05) is 10.4 Å². The Hall–Kier alpha value is -2.86. The first kappa shape index (κ1) is 17.9. The highest BCUT2D eigenvalue weighted by Gasteiger charge is 2.21. The van der Waals surface area contributed by atoms with E-state index in [1.807, 2.05) is 20.8 Å². The highest BCUT2D eigenvalue weighted by molar-refractivity contribution is 6.30. The third kappa shape index (κ3) is 3.86. The van der Waals surface area contributed by atoms with Gasteiger partial charge in [-0.15, -0.1) is 0 Å². The molecule has 0 unspecified atom stereocenters. The lowest BCUT2D eigenvalue weighted by molar-refractivity contribution is 0.407. The lowest BCUT2D eigenvalue weighted by Gasteiger charge is -2.14. The molecule has 0 saturated heterocycles. The smallest absolute Gasteiger partial charge is 0.272 e. The van der Waals surface area contributed by atoms with Gasteiger partial charge < -0.3 is 14.4 Å². The minimum absolute atomic E-state index is 0.109. The number of hydrogen-bond donors (Lipinski definition) is 2. The number of rotatable bonds is 2. The van der Waals surface area contributed by atoms with Crippen LogP contribution in [0.4, 0.5) is 0 Å². The molecule has 0 aliphatic carbocycles. The molecule has 2 aromatic heterocycles. The summed E-state index contributed by atoms with van der Waals surface area (Å²) in [5, 5.41) is 0.798. The van der Waals surface area contributed by atoms with Crippen LogP contribution >= 0.6 is 11.6 Å². The second-order valence-electron chi connectivity index (χ2n) is 6.90. The van der Waals surface area contributed by atoms with Crippen molar-refractivity contribution in [3.05, 3.63) is 84.1 Å². The van der Waals surface area contributed by atoms with E-state index in [2.05, 4.69) is 15.0 Å². The molecule has 0 amide bonds. The van der Waals surface area contributed by atoms with Gasteiger partial charge in [0.2, 0.25) is 0 Å². The quantitative estimate of drug-likeness (QED) is 0.716. The van der Waals surface area contributed by atoms with Crippen LogP contribution in [0.25, 0.3) is 12.2 Å². The summed E-state index contributed by atoms with van der Waals surface area (Å²) in [6.45, 7) is 5.92. The summed E-state index contributed by atoms with van der Waals surface area (Å²) in [7, 11) is 0. The monoisotopic (exact) mass is 371 g/mol. The maximum absolute atomic E-state index is 12.4. The van der Waals surface area contributed by atoms with Gasteiger partial charge in [-0.2, -0.15) is 0 Å². The van der Waals surface area contributed by atoms with Gasteiger partial charge in [-0.25, -0.2) is 4.98 Å². The molecule has 0 fully saturated rings. The van der Waals surface area contributed by atoms with Crippen LogP contribution in [0.1, 0.15) is 37.8 Å². The Morgan fingerprint density at radius 2 is 1.73 bits per heavy atom. The van der Waals surface area contributed by atoms with Gasteiger partial charge in [0.05, 0.1) is 0 Å². The van der Waals surface area contributed by atoms with Crippen molar-refractivity contribution in [2.24, 2.45) is 0 Å². The molecule has 0 atom stereocenters. The number of nitrogens with one attached hydrogen (secondary N) is 2. The highest BCUT2D eigenvalue weighted by Crippen LogP contribution is 2.25. The van der Waals surface area contributed by atoms with E-state index in [0.29, 0.717) is 22.0 Å². The predicted octanol–water partition coefficient (Wildman–Crippen LogP) is 1.66. The summed E-state index contributed by atoms with van der Waals surface area (Å²) < 4.78 is 5.42. The average Bonchev–Trinajstić information content (AvgIpc) is 3.01. The molecule has 0 spiro atoms. The summed E-state index contributed by atoms with van der Waals surface area (Å²) >= 11 is 5.94. The lowest BCUT2D eigenvalue weighted by Crippen LogP contribution is -2.46. The summed E-state index contributed by atoms with van der Waals surface area (Å²) in [5.41, 5.74) is 0.0832. The van der Waals surface area contributed by atoms with Crippen LogP contribution in [-0.2, 0) is 5.41 Å². The molecular weight excluding hydrogens is 354 g/mol. The van der Waals surface area contributed by atoms with Crippen molar-refractivity contribution in [3.63, 3.8) is 0 Å². The second-order valence-corrected chi connectivity index (χ2v) is 7.33. The number of halogens is 1. The molecule has 0 saturated carbocycles. The average molecular weight is 372 g/mol. The number of H-pyrrole nitrogens is 2. The predicted molar refractivity (Wildman–Crippen MR) is 101 cm³/mol. The Balaban J connectivity index is 2.14. The van der Waals surface area contributed by atoms with E-state index in [4.69, 9.17) is 16.0 Å². The van der Waals surface area contributed by atoms with Crippen LogP contribution < -0.4 is 21.8 Å². The number of hydrogen-bond acceptors (Lipinski definition) is 4. The largest absolute Gasteiger partial charge is 0.447 e. The molecular formula is C19H18ClN3O3. The first-order valence-electron chi connectivity index (χ1n) is 7.99. The van der Waals surface area contributed by atoms with Gasteiger partial charge in [-0.3, -0.25) is 9.59 Å². The number of nitrogens with zero attached hydrogens (tertiary/aromatic N) is 1. The van der Waals surface area contributed by atoms with Gasteiger partial charge in [0.1, 0.15) is 22.2 Å². The minimum Gasteiger partial charge on any atom is -0.447 e. The fraction of sp³-hybridized carbons (Fsp3) is 0.211. The van der Waals surface area contributed by atoms with Crippen molar-refractivity contribution >= 4 is 23.8 Å². The molecule has 6 nitrogen and oxygen atoms in total. The molecule has 2 N–H and O–H groups in total. The zero-order valence-electron chi connectivity index (χ0n) is 14.6. The second kappa shape index (κ2) is 6.80. The van der Waals surface area contributed by atoms with Crippen LogP contribution in [0.3, 0.4) is 0 Å². The topological polar surface area (TPSA) is 91.8 Å². The number of aromatic nitrogens is 3. The van der Waals surface area contributed by atoms with Crippen LogP contribution in [-0.4, -0.2) is 15.0 Å². The maximum atomic E-state index is 12.4. The van der Waals surface area contributed by atoms with E-state index in [1.165, 1.54) is 12.5 Å². The molecule has 0 aliphatic rings. The van der Waals surface area contributed by atoms with Crippen LogP contribution in [0.5, 0.6) is 0 Å². The minimum atomic E-state index is -0.430. The van der Waals surface area contributed by atoms with Crippen molar-refractivity contribution in [2.45, 2.75) is 26.2 Å². The van der Waals surface area contributed by atoms with E-state index in [9.17, 15) is 9.59 Å². The van der Waals surface area contributed by atoms with Crippen LogP contribution in [0.2, 0.25) is 5.02 Å². The SMILES string of the molecule is CC(C)(C)c1ocnc1C=c1[nH]c(=O)c(=Cc2cccc(Cl)c2)[nH]c1=O. The molecule has 3 rings (SSSR count). The number of benzene rings is 1. The number of oxazole rings is 1. The Labute approximate surface area is 153 Å². The van der Waals surface area contributed by atoms with Gasteiger partial charge in [0.15, 0.2) is 6.39 Å². The lowest BCUT2D eigenvalue weighted by atomic mass is 9.92. The molecule has 0 radical (unpaired) electrons. The van der Waals surface area contributed by atoms with Crippen molar-refractivity contribution in [3.8, 4) is 0 Å². The van der Waals surface area contributed by atoms with Crippen molar-refractivity contribution in [1.29, 1.82) is 0 Å². The zero-order valence-corrected chi connectivity index (χ0v) is 15.3. The molecule has 134 valence electrons. The molecule has 7 heteroatoms. The highest BCUT2D eigenvalue weighted by atomic mass is 35.5. The van der Waals surface area contributed by atoms with E-state index in [-0.39, 0.29) is 16.1 Å². The number of aromatic amines is 2. The van der Waals surface area contributed by atoms with Crippen LogP contribution in [0.15, 0.2) is 44.7 Å². The van der Waals surface area contributed by atoms with Crippen LogP contribution in [0, 0.1) is 0 Å². The standard InChI is InChI=1S/C19H18ClN3O3/c1-19(2,3)16-13(21-10-26-16)9-15-18(25)22-14(17(24)23-15)8-11-5-4-6-12(20)7-11/h4-10H,1-3H3,(H,22,25)(H,23,24). The summed E-state index contributed by atoms with van der Waals surface area (Å²) in [4.78, 5) is 34.0. The maximum Gasteiger partial charge on any atom is 0.272 e. The fourth-order valence-electron chi connectivity index (χ4n) is 2.51. The summed E-state index contributed by atoms with van der Waals surface area (Å²) in [6.07, 6.45) is 4.39. The van der Waals surface area contributed by atoms with Gasteiger partial charge in [-0.05, 0) is 29.8 Å². The Morgan fingerprint density at radius 3 is 2.35 bits per heavy atom. The Kier molecular flexibility index (Phi) is 4.70. The summed E-state index contributed by atoms with van der Waals surface area (Å²) in [5.74, 6) is 0.632. The van der Waals surface area contributed by atoms with E-state index < -0.39 is 11.1 Å². The van der Waals surface area contributed by atoms with Crippen molar-refractivity contribution < 1.29 is 4.42 Å². The Bertz CT molecular complexity index is 1180. The van der Waals surface area contributed by atoms with Gasteiger partial charge in [0.25, 0.3) is 11.1 Å². The van der Waals surface area contributed by atoms with Gasteiger partial charge in [-0.1, -0.05) is 44.5 Å². The van der Waals surface area contributed by atoms with Gasteiger partial charge >= 0.3 is 0 Å². The van der Waals surface area contributed by atoms with E-state index in [0.717, 1.165) is 0 Å². The molecule has 26 heavy (non-hydrogen) atoms. The summed E-state index contributed by atoms with van der Waals surface area (Å²) in [6, 6.07) is 6.98. The third-order valence-corrected chi connectivity index (χ3v) is 3.94. The third-order valence-electron chi connectivity index (χ3n) is 3.70. The molecule has 3 aromatic rings. The zero-order chi connectivity index (χ0) is 18.9. The van der Waals surface area contributed by atoms with E-state index >= 15 is 0 Å². The molecule has 2 heterocycles. The fourth-order valence-corrected chi connectivity index (χ4v) is 2.71. The molecule has 0 bridgehead atoms. The van der Waals surface area contributed by atoms with Crippen molar-refractivity contribution in [2.75, 3.05) is 0 Å². The first-order valence-corrected chi connectivity index (χ1v) is 8.37. The molecule has 0 aliphatic heterocycles. The normalized spacial score (nSPS) is 13.4. The van der Waals surface area contributed by atoms with E-state index in [1.54, 1.807) is 30.3 Å². The van der Waals surface area contributed by atoms with Crippen molar-refractivity contribution in [1.82, 2.24) is 15.0 Å². The molecule has 1 aromatic carbocycles.